The summed E-state index contributed by atoms with van der Waals surface area (Å²) in [5, 5.41) is 17.7. The molecule has 1 aromatic rings. The molecule has 3 nitrogen and oxygen atoms in total. The number of aliphatic hydroxyl groups is 2. The van der Waals surface area contributed by atoms with Crippen LogP contribution in [0.5, 0.6) is 5.75 Å². The van der Waals surface area contributed by atoms with E-state index in [1.807, 2.05) is 0 Å². The summed E-state index contributed by atoms with van der Waals surface area (Å²) in [6, 6.07) is 5.69. The second kappa shape index (κ2) is 5.57. The van der Waals surface area contributed by atoms with Crippen molar-refractivity contribution in [2.24, 2.45) is 0 Å². The quantitative estimate of drug-likeness (QED) is 0.744. The molecule has 1 rings (SSSR count). The molecule has 2 N–H and O–H groups in total. The van der Waals surface area contributed by atoms with Gasteiger partial charge in [-0.25, -0.2) is 4.39 Å². The van der Waals surface area contributed by atoms with E-state index in [0.29, 0.717) is 5.75 Å². The Morgan fingerprint density at radius 2 is 2.21 bits per heavy atom. The molecule has 0 spiro atoms. The third-order valence-electron chi connectivity index (χ3n) is 1.70. The van der Waals surface area contributed by atoms with Crippen molar-refractivity contribution in [3.05, 3.63) is 30.1 Å². The highest BCUT2D eigenvalue weighted by molar-refractivity contribution is 5.22. The van der Waals surface area contributed by atoms with Crippen LogP contribution in [-0.2, 0) is 0 Å². The smallest absolute Gasteiger partial charge is 0.126 e. The van der Waals surface area contributed by atoms with Gasteiger partial charge < -0.3 is 14.9 Å². The van der Waals surface area contributed by atoms with Crippen molar-refractivity contribution in [2.45, 2.75) is 12.5 Å². The molecule has 14 heavy (non-hydrogen) atoms. The van der Waals surface area contributed by atoms with Crippen LogP contribution in [0, 0.1) is 5.82 Å². The largest absolute Gasteiger partial charge is 0.491 e. The maximum absolute atomic E-state index is 12.7. The van der Waals surface area contributed by atoms with E-state index in [0.717, 1.165) is 0 Å². The topological polar surface area (TPSA) is 49.7 Å². The first kappa shape index (κ1) is 10.9. The summed E-state index contributed by atoms with van der Waals surface area (Å²) in [5.74, 6) is 0.00105. The molecule has 0 saturated carbocycles. The molecule has 0 aliphatic heterocycles. The van der Waals surface area contributed by atoms with Crippen molar-refractivity contribution in [1.82, 2.24) is 0 Å². The third kappa shape index (κ3) is 3.72. The maximum Gasteiger partial charge on any atom is 0.126 e. The standard InChI is InChI=1S/C10H13FO3/c11-8-2-1-3-10(6-8)14-7-9(13)4-5-12/h1-3,6,9,12-13H,4-5,7H2. The van der Waals surface area contributed by atoms with Crippen molar-refractivity contribution in [3.63, 3.8) is 0 Å². The van der Waals surface area contributed by atoms with E-state index in [2.05, 4.69) is 0 Å². The van der Waals surface area contributed by atoms with Crippen LogP contribution in [0.1, 0.15) is 6.42 Å². The Morgan fingerprint density at radius 3 is 2.86 bits per heavy atom. The average molecular weight is 200 g/mol. The van der Waals surface area contributed by atoms with Crippen LogP contribution in [0.2, 0.25) is 0 Å². The molecular formula is C10H13FO3. The fourth-order valence-corrected chi connectivity index (χ4v) is 0.982. The van der Waals surface area contributed by atoms with Gasteiger partial charge in [0.05, 0.1) is 6.10 Å². The SMILES string of the molecule is OCCC(O)COc1cccc(F)c1. The highest BCUT2D eigenvalue weighted by Crippen LogP contribution is 2.12. The monoisotopic (exact) mass is 200 g/mol. The van der Waals surface area contributed by atoms with E-state index in [1.165, 1.54) is 18.2 Å². The van der Waals surface area contributed by atoms with Gasteiger partial charge in [0.25, 0.3) is 0 Å². The second-order valence-corrected chi connectivity index (χ2v) is 2.93. The molecule has 0 aliphatic rings. The number of hydrogen-bond donors (Lipinski definition) is 2. The maximum atomic E-state index is 12.7. The summed E-state index contributed by atoms with van der Waals surface area (Å²) in [6.07, 6.45) is -0.460. The Labute approximate surface area is 81.8 Å². The van der Waals surface area contributed by atoms with Crippen molar-refractivity contribution in [1.29, 1.82) is 0 Å². The van der Waals surface area contributed by atoms with Crippen molar-refractivity contribution in [2.75, 3.05) is 13.2 Å². The van der Waals surface area contributed by atoms with Gasteiger partial charge in [-0.2, -0.15) is 0 Å². The minimum atomic E-state index is -0.719. The van der Waals surface area contributed by atoms with Gasteiger partial charge in [0.1, 0.15) is 18.2 Å². The van der Waals surface area contributed by atoms with Crippen molar-refractivity contribution < 1.29 is 19.3 Å². The molecule has 0 saturated heterocycles. The molecule has 1 atom stereocenters. The first-order chi connectivity index (χ1) is 6.72. The molecule has 1 unspecified atom stereocenters. The summed E-state index contributed by atoms with van der Waals surface area (Å²) < 4.78 is 17.8. The Bertz CT molecular complexity index is 278. The number of ether oxygens (including phenoxy) is 1. The fourth-order valence-electron chi connectivity index (χ4n) is 0.982. The lowest BCUT2D eigenvalue weighted by molar-refractivity contribution is 0.0820. The van der Waals surface area contributed by atoms with Gasteiger partial charge in [-0.05, 0) is 18.6 Å². The van der Waals surface area contributed by atoms with Gasteiger partial charge in [0.2, 0.25) is 0 Å². The zero-order chi connectivity index (χ0) is 10.4. The molecule has 0 amide bonds. The molecule has 0 heterocycles. The van der Waals surface area contributed by atoms with Crippen LogP contribution in [0.25, 0.3) is 0 Å². The summed E-state index contributed by atoms with van der Waals surface area (Å²) >= 11 is 0. The molecule has 78 valence electrons. The first-order valence-corrected chi connectivity index (χ1v) is 4.39. The van der Waals surface area contributed by atoms with Crippen molar-refractivity contribution >= 4 is 0 Å². The van der Waals surface area contributed by atoms with Gasteiger partial charge in [-0.15, -0.1) is 0 Å². The number of benzene rings is 1. The highest BCUT2D eigenvalue weighted by atomic mass is 19.1. The highest BCUT2D eigenvalue weighted by Gasteiger charge is 2.04. The molecule has 0 aromatic heterocycles. The molecule has 0 bridgehead atoms. The fraction of sp³-hybridized carbons (Fsp3) is 0.400. The normalized spacial score (nSPS) is 12.5. The number of aliphatic hydroxyl groups excluding tert-OH is 2. The minimum Gasteiger partial charge on any atom is -0.491 e. The van der Waals surface area contributed by atoms with Crippen LogP contribution in [-0.4, -0.2) is 29.5 Å². The lowest BCUT2D eigenvalue weighted by Gasteiger charge is -2.10. The first-order valence-electron chi connectivity index (χ1n) is 4.39. The number of rotatable bonds is 5. The molecular weight excluding hydrogens is 187 g/mol. The van der Waals surface area contributed by atoms with Gasteiger partial charge in [0, 0.05) is 12.7 Å². The Kier molecular flexibility index (Phi) is 4.35. The molecule has 0 aliphatic carbocycles. The number of hydrogen-bond acceptors (Lipinski definition) is 3. The molecule has 4 heteroatoms. The minimum absolute atomic E-state index is 0.0595. The van der Waals surface area contributed by atoms with E-state index in [9.17, 15) is 9.50 Å². The van der Waals surface area contributed by atoms with Crippen LogP contribution in [0.15, 0.2) is 24.3 Å². The van der Waals surface area contributed by atoms with Crippen molar-refractivity contribution in [3.8, 4) is 5.75 Å². The zero-order valence-electron chi connectivity index (χ0n) is 7.69. The zero-order valence-corrected chi connectivity index (χ0v) is 7.69. The van der Waals surface area contributed by atoms with Crippen LogP contribution in [0.4, 0.5) is 4.39 Å². The Hall–Kier alpha value is -1.13. The summed E-state index contributed by atoms with van der Waals surface area (Å²) in [7, 11) is 0. The molecule has 0 radical (unpaired) electrons. The van der Waals surface area contributed by atoms with Crippen LogP contribution >= 0.6 is 0 Å². The van der Waals surface area contributed by atoms with E-state index < -0.39 is 6.10 Å². The lowest BCUT2D eigenvalue weighted by atomic mass is 10.3. The summed E-state index contributed by atoms with van der Waals surface area (Å²) in [5.41, 5.74) is 0. The van der Waals surface area contributed by atoms with Gasteiger partial charge in [-0.3, -0.25) is 0 Å². The lowest BCUT2D eigenvalue weighted by Crippen LogP contribution is -2.18. The molecule has 1 aromatic carbocycles. The average Bonchev–Trinajstić information content (AvgIpc) is 2.15. The van der Waals surface area contributed by atoms with Gasteiger partial charge in [0.15, 0.2) is 0 Å². The Morgan fingerprint density at radius 1 is 1.43 bits per heavy atom. The summed E-state index contributed by atoms with van der Waals surface area (Å²) in [6.45, 7) is -0.0301. The summed E-state index contributed by atoms with van der Waals surface area (Å²) in [4.78, 5) is 0. The van der Waals surface area contributed by atoms with Crippen LogP contribution < -0.4 is 4.74 Å². The third-order valence-corrected chi connectivity index (χ3v) is 1.70. The van der Waals surface area contributed by atoms with E-state index >= 15 is 0 Å². The number of halogens is 1. The predicted octanol–water partition coefficient (Wildman–Crippen LogP) is 0.948. The van der Waals surface area contributed by atoms with Crippen LogP contribution in [0.3, 0.4) is 0 Å². The molecule has 0 fully saturated rings. The Balaban J connectivity index is 2.37. The van der Waals surface area contributed by atoms with Gasteiger partial charge in [-0.1, -0.05) is 6.07 Å². The van der Waals surface area contributed by atoms with E-state index in [-0.39, 0.29) is 25.5 Å². The predicted molar refractivity (Wildman–Crippen MR) is 49.6 cm³/mol. The van der Waals surface area contributed by atoms with E-state index in [1.54, 1.807) is 6.07 Å². The second-order valence-electron chi connectivity index (χ2n) is 2.93. The van der Waals surface area contributed by atoms with Gasteiger partial charge >= 0.3 is 0 Å². The van der Waals surface area contributed by atoms with E-state index in [4.69, 9.17) is 9.84 Å².